The molecule has 0 saturated carbocycles. The quantitative estimate of drug-likeness (QED) is 0.131. The van der Waals surface area contributed by atoms with Gasteiger partial charge in [0.1, 0.15) is 0 Å². The van der Waals surface area contributed by atoms with Gasteiger partial charge in [0.15, 0.2) is 0 Å². The second-order valence-corrected chi connectivity index (χ2v) is 14.4. The van der Waals surface area contributed by atoms with Gasteiger partial charge in [-0.1, -0.05) is 66.7 Å². The fourth-order valence-electron chi connectivity index (χ4n) is 3.16. The topological polar surface area (TPSA) is 99.3 Å². The molecule has 0 aromatic heterocycles. The summed E-state index contributed by atoms with van der Waals surface area (Å²) < 4.78 is 59.2. The van der Waals surface area contributed by atoms with E-state index in [9.17, 15) is 35.4 Å². The first-order valence-electron chi connectivity index (χ1n) is 12.3. The number of aliphatic imine (C=N–C) groups is 2. The molecule has 3 rings (SSSR count). The van der Waals surface area contributed by atoms with Crippen LogP contribution in [0.5, 0.6) is 11.5 Å². The van der Waals surface area contributed by atoms with E-state index in [1.54, 1.807) is 54.1 Å². The second-order valence-electron chi connectivity index (χ2n) is 9.25. The van der Waals surface area contributed by atoms with E-state index in [-0.39, 0.29) is 45.3 Å². The molecule has 0 heterocycles. The molecule has 0 spiro atoms. The molecule has 0 N–H and O–H groups in total. The van der Waals surface area contributed by atoms with Crippen molar-refractivity contribution in [1.29, 1.82) is 0 Å². The smallest absolute Gasteiger partial charge is 0 e. The summed E-state index contributed by atoms with van der Waals surface area (Å²) in [5.41, 5.74) is 0.674. The molecule has 0 amide bonds. The van der Waals surface area contributed by atoms with Gasteiger partial charge in [-0.15, -0.1) is 11.5 Å². The zero-order valence-corrected chi connectivity index (χ0v) is 28.1. The Morgan fingerprint density at radius 3 is 1.50 bits per heavy atom. The first kappa shape index (κ1) is 41.8. The summed E-state index contributed by atoms with van der Waals surface area (Å²) in [6.07, 6.45) is 5.86. The predicted molar refractivity (Wildman–Crippen MR) is 156 cm³/mol. The number of rotatable bonds is 8. The molecule has 0 fully saturated rings. The van der Waals surface area contributed by atoms with Gasteiger partial charge >= 0.3 is 33.0 Å². The van der Waals surface area contributed by atoms with Gasteiger partial charge in [0.05, 0.1) is 29.7 Å². The van der Waals surface area contributed by atoms with E-state index in [4.69, 9.17) is 0 Å². The van der Waals surface area contributed by atoms with Crippen LogP contribution in [0.25, 0.3) is 0 Å². The third-order valence-electron chi connectivity index (χ3n) is 5.14. The van der Waals surface area contributed by atoms with Crippen LogP contribution in [0.15, 0.2) is 88.8 Å². The van der Waals surface area contributed by atoms with Crippen molar-refractivity contribution in [2.75, 3.05) is 18.9 Å². The Hall–Kier alpha value is -2.34. The summed E-state index contributed by atoms with van der Waals surface area (Å²) in [5, 5.41) is 24.8. The summed E-state index contributed by atoms with van der Waals surface area (Å²) in [4.78, 5) is 8.72. The van der Waals surface area contributed by atoms with Gasteiger partial charge in [0.25, 0.3) is 0 Å². The monoisotopic (exact) mass is 809 g/mol. The van der Waals surface area contributed by atoms with Gasteiger partial charge in [-0.05, 0) is 51.0 Å². The average Bonchev–Trinajstić information content (AvgIpc) is 2.85. The van der Waals surface area contributed by atoms with E-state index >= 15 is 0 Å². The molecular weight excluding hydrogens is 774 g/mol. The van der Waals surface area contributed by atoms with Crippen LogP contribution in [0.2, 0.25) is 0 Å². The third kappa shape index (κ3) is 21.4. The van der Waals surface area contributed by atoms with E-state index in [2.05, 4.69) is 54.2 Å². The molecule has 0 aliphatic carbocycles. The normalized spacial score (nSPS) is 13.0. The second kappa shape index (κ2) is 17.1. The van der Waals surface area contributed by atoms with E-state index in [1.807, 2.05) is 13.8 Å². The molecule has 237 valence electrons. The van der Waals surface area contributed by atoms with Crippen LogP contribution in [0.3, 0.4) is 0 Å². The number of benzene rings is 3. The SMILES string of the molecule is CC(C)(CN=Cc1ccccc1[O-])N=Cc1ccccc1[O-].CC[PH+](CC)c1ccccc1.F[P-](F)(F)(F)(F)F.[O-2].[Re]. The van der Waals surface area contributed by atoms with Crippen molar-refractivity contribution in [2.45, 2.75) is 33.2 Å². The molecule has 42 heavy (non-hydrogen) atoms. The van der Waals surface area contributed by atoms with Crippen LogP contribution in [0.1, 0.15) is 38.8 Å². The van der Waals surface area contributed by atoms with Crippen LogP contribution >= 0.6 is 15.7 Å². The maximum Gasteiger partial charge on any atom is 0 e. The first-order chi connectivity index (χ1) is 18.3. The maximum absolute atomic E-state index is 11.6. The Labute approximate surface area is 257 Å². The molecule has 0 aliphatic heterocycles. The molecule has 0 saturated heterocycles. The van der Waals surface area contributed by atoms with Gasteiger partial charge in [-0.3, -0.25) is 9.98 Å². The molecule has 0 unspecified atom stereocenters. The number of nitrogens with zero attached hydrogens (tertiary/aromatic N) is 2. The summed E-state index contributed by atoms with van der Waals surface area (Å²) in [7, 11) is -10.9. The van der Waals surface area contributed by atoms with Gasteiger partial charge in [-0.25, -0.2) is 0 Å². The molecule has 14 heteroatoms. The van der Waals surface area contributed by atoms with Crippen molar-refractivity contribution in [3.8, 4) is 11.5 Å². The standard InChI is InChI=1S/C18H20N2O2.C10H15P.F6P.O.Re/c1-18(2,20-12-15-8-4-6-10-17(15)22)13-19-11-14-7-3-5-9-16(14)21;1-3-11(4-2)10-8-6-5-7-9-10;1-7(2,3,4,5)6;;/h3-12,21-22H,13H2,1-2H3;5-9H,3-4H2,1-2H3;;;/q;;-1;-2;/p-1. The average molecular weight is 809 g/mol. The predicted octanol–water partition coefficient (Wildman–Crippen LogP) is 7.98. The Morgan fingerprint density at radius 1 is 0.714 bits per heavy atom. The third-order valence-corrected chi connectivity index (χ3v) is 7.99. The summed E-state index contributed by atoms with van der Waals surface area (Å²) >= 11 is 0. The minimum absolute atomic E-state index is 0. The van der Waals surface area contributed by atoms with E-state index in [0.29, 0.717) is 17.7 Å². The molecule has 1 radical (unpaired) electrons. The van der Waals surface area contributed by atoms with Crippen LogP contribution in [-0.4, -0.2) is 36.8 Å². The van der Waals surface area contributed by atoms with Crippen LogP contribution in [-0.2, 0) is 25.9 Å². The van der Waals surface area contributed by atoms with Gasteiger partial charge in [-0.2, -0.15) is 0 Å². The number of para-hydroxylation sites is 2. The zero-order valence-electron chi connectivity index (χ0n) is 23.5. The zero-order chi connectivity index (χ0) is 30.5. The van der Waals surface area contributed by atoms with Crippen molar-refractivity contribution in [1.82, 2.24) is 0 Å². The molecule has 5 nitrogen and oxygen atoms in total. The Kier molecular flexibility index (Phi) is 17.0. The maximum atomic E-state index is 11.6. The number of hydrogen-bond donors (Lipinski definition) is 0. The van der Waals surface area contributed by atoms with Gasteiger partial charge in [0.2, 0.25) is 0 Å². The fourth-order valence-corrected chi connectivity index (χ4v) is 5.14. The molecular formula is C28H34F6N2O3P2Re-4. The Morgan fingerprint density at radius 2 is 1.10 bits per heavy atom. The minimum atomic E-state index is -10.7. The van der Waals surface area contributed by atoms with Crippen molar-refractivity contribution in [2.24, 2.45) is 9.98 Å². The molecule has 3 aromatic carbocycles. The van der Waals surface area contributed by atoms with E-state index < -0.39 is 13.3 Å². The van der Waals surface area contributed by atoms with E-state index in [0.717, 1.165) is 0 Å². The van der Waals surface area contributed by atoms with Gasteiger partial charge < -0.3 is 15.7 Å². The largest absolute Gasteiger partial charge is 2.00 e. The molecule has 0 aliphatic rings. The minimum Gasteiger partial charge on any atom is -2.00 e. The first-order valence-corrected chi connectivity index (χ1v) is 16.3. The van der Waals surface area contributed by atoms with Crippen LogP contribution in [0, 0.1) is 0 Å². The number of halogens is 6. The Balaban J connectivity index is 0. The molecule has 0 atom stereocenters. The van der Waals surface area contributed by atoms with Gasteiger partial charge in [0, 0.05) is 40.8 Å². The molecule has 3 aromatic rings. The fraction of sp³-hybridized carbons (Fsp3) is 0.286. The van der Waals surface area contributed by atoms with Crippen molar-refractivity contribution < 1.29 is 61.3 Å². The summed E-state index contributed by atoms with van der Waals surface area (Å²) in [6, 6.07) is 24.4. The molecule has 0 bridgehead atoms. The van der Waals surface area contributed by atoms with Crippen molar-refractivity contribution in [3.05, 3.63) is 90.0 Å². The van der Waals surface area contributed by atoms with E-state index in [1.165, 1.54) is 24.5 Å². The number of hydrogen-bond acceptors (Lipinski definition) is 4. The van der Waals surface area contributed by atoms with Crippen molar-refractivity contribution in [3.63, 3.8) is 0 Å². The van der Waals surface area contributed by atoms with Crippen molar-refractivity contribution >= 4 is 33.5 Å². The Bertz CT molecular complexity index is 1250. The van der Waals surface area contributed by atoms with Crippen LogP contribution in [0.4, 0.5) is 25.2 Å². The summed E-state index contributed by atoms with van der Waals surface area (Å²) in [6.45, 7) is 8.88. The van der Waals surface area contributed by atoms with Crippen LogP contribution < -0.4 is 15.5 Å². The summed E-state index contributed by atoms with van der Waals surface area (Å²) in [5.74, 6) is -0.0985.